The van der Waals surface area contributed by atoms with Crippen LogP contribution in [0.25, 0.3) is 0 Å². The van der Waals surface area contributed by atoms with Crippen molar-refractivity contribution in [3.05, 3.63) is 30.1 Å². The monoisotopic (exact) mass is 218 g/mol. The molecule has 1 N–H and O–H groups in total. The van der Waals surface area contributed by atoms with Gasteiger partial charge in [-0.3, -0.25) is 4.98 Å². The first kappa shape index (κ1) is 12.0. The molecule has 15 heavy (non-hydrogen) atoms. The molecule has 0 unspecified atom stereocenters. The molecule has 0 aliphatic rings. The number of alkyl halides is 3. The zero-order valence-corrected chi connectivity index (χ0v) is 8.38. The van der Waals surface area contributed by atoms with Gasteiger partial charge in [0.1, 0.15) is 0 Å². The highest BCUT2D eigenvalue weighted by atomic mass is 19.4. The smallest absolute Gasteiger partial charge is 0.310 e. The van der Waals surface area contributed by atoms with E-state index in [0.717, 1.165) is 5.56 Å². The van der Waals surface area contributed by atoms with Crippen LogP contribution in [0.4, 0.5) is 13.2 Å². The van der Waals surface area contributed by atoms with Crippen molar-refractivity contribution in [1.82, 2.24) is 10.3 Å². The SMILES string of the molecule is C[C@H](NCCC(F)(F)F)c1cccnc1. The summed E-state index contributed by atoms with van der Waals surface area (Å²) in [6.45, 7) is 1.74. The van der Waals surface area contributed by atoms with Crippen LogP contribution in [-0.2, 0) is 0 Å². The molecule has 0 saturated carbocycles. The van der Waals surface area contributed by atoms with Crippen LogP contribution in [0.5, 0.6) is 0 Å². The summed E-state index contributed by atoms with van der Waals surface area (Å²) in [6, 6.07) is 3.48. The van der Waals surface area contributed by atoms with E-state index in [1.807, 2.05) is 13.0 Å². The second kappa shape index (κ2) is 5.11. The highest BCUT2D eigenvalue weighted by Gasteiger charge is 2.26. The molecule has 2 nitrogen and oxygen atoms in total. The average Bonchev–Trinajstić information content (AvgIpc) is 2.17. The first-order chi connectivity index (χ1) is 6.99. The summed E-state index contributed by atoms with van der Waals surface area (Å²) >= 11 is 0. The van der Waals surface area contributed by atoms with Gasteiger partial charge in [-0.25, -0.2) is 0 Å². The summed E-state index contributed by atoms with van der Waals surface area (Å²) < 4.78 is 35.6. The fraction of sp³-hybridized carbons (Fsp3) is 0.500. The zero-order valence-electron chi connectivity index (χ0n) is 8.38. The van der Waals surface area contributed by atoms with E-state index in [-0.39, 0.29) is 12.6 Å². The molecule has 0 saturated heterocycles. The third kappa shape index (κ3) is 4.78. The van der Waals surface area contributed by atoms with E-state index in [2.05, 4.69) is 10.3 Å². The summed E-state index contributed by atoms with van der Waals surface area (Å²) in [4.78, 5) is 3.90. The van der Waals surface area contributed by atoms with Crippen LogP contribution >= 0.6 is 0 Å². The minimum absolute atomic E-state index is 0.0699. The molecule has 5 heteroatoms. The van der Waals surface area contributed by atoms with E-state index in [4.69, 9.17) is 0 Å². The van der Waals surface area contributed by atoms with Crippen LogP contribution in [0.15, 0.2) is 24.5 Å². The van der Waals surface area contributed by atoms with Gasteiger partial charge < -0.3 is 5.32 Å². The predicted octanol–water partition coefficient (Wildman–Crippen LogP) is 2.68. The lowest BCUT2D eigenvalue weighted by Gasteiger charge is -2.14. The Morgan fingerprint density at radius 3 is 2.73 bits per heavy atom. The Kier molecular flexibility index (Phi) is 4.08. The van der Waals surface area contributed by atoms with Gasteiger partial charge in [-0.1, -0.05) is 6.07 Å². The van der Waals surface area contributed by atoms with E-state index in [1.54, 1.807) is 18.5 Å². The number of aromatic nitrogens is 1. The third-order valence-electron chi connectivity index (χ3n) is 2.04. The van der Waals surface area contributed by atoms with Gasteiger partial charge >= 0.3 is 6.18 Å². The Balaban J connectivity index is 2.34. The molecule has 1 aromatic heterocycles. The van der Waals surface area contributed by atoms with E-state index >= 15 is 0 Å². The maximum Gasteiger partial charge on any atom is 0.390 e. The van der Waals surface area contributed by atoms with Crippen LogP contribution in [0.3, 0.4) is 0 Å². The van der Waals surface area contributed by atoms with E-state index < -0.39 is 12.6 Å². The number of nitrogens with one attached hydrogen (secondary N) is 1. The van der Waals surface area contributed by atoms with Gasteiger partial charge in [-0.2, -0.15) is 13.2 Å². The average molecular weight is 218 g/mol. The predicted molar refractivity (Wildman–Crippen MR) is 51.3 cm³/mol. The maximum atomic E-state index is 11.9. The molecule has 1 rings (SSSR count). The maximum absolute atomic E-state index is 11.9. The highest BCUT2D eigenvalue weighted by molar-refractivity contribution is 5.12. The van der Waals surface area contributed by atoms with Crippen molar-refractivity contribution in [2.45, 2.75) is 25.6 Å². The Morgan fingerprint density at radius 1 is 1.47 bits per heavy atom. The van der Waals surface area contributed by atoms with E-state index in [0.29, 0.717) is 0 Å². The number of halogens is 3. The molecule has 0 aliphatic heterocycles. The largest absolute Gasteiger partial charge is 0.390 e. The lowest BCUT2D eigenvalue weighted by atomic mass is 10.1. The summed E-state index contributed by atoms with van der Waals surface area (Å²) in [5.41, 5.74) is 0.889. The molecule has 0 spiro atoms. The van der Waals surface area contributed by atoms with Crippen LogP contribution in [0, 0.1) is 0 Å². The van der Waals surface area contributed by atoms with Crippen molar-refractivity contribution >= 4 is 0 Å². The van der Waals surface area contributed by atoms with Gasteiger partial charge in [0.2, 0.25) is 0 Å². The second-order valence-electron chi connectivity index (χ2n) is 3.33. The molecule has 1 atom stereocenters. The Hall–Kier alpha value is -1.10. The van der Waals surface area contributed by atoms with Gasteiger partial charge in [0.05, 0.1) is 6.42 Å². The number of rotatable bonds is 4. The normalized spacial score (nSPS) is 13.9. The summed E-state index contributed by atoms with van der Waals surface area (Å²) in [7, 11) is 0. The Morgan fingerprint density at radius 2 is 2.20 bits per heavy atom. The topological polar surface area (TPSA) is 24.9 Å². The first-order valence-corrected chi connectivity index (χ1v) is 4.69. The van der Waals surface area contributed by atoms with Crippen molar-refractivity contribution < 1.29 is 13.2 Å². The van der Waals surface area contributed by atoms with Crippen molar-refractivity contribution in [2.24, 2.45) is 0 Å². The van der Waals surface area contributed by atoms with Gasteiger partial charge in [-0.15, -0.1) is 0 Å². The van der Waals surface area contributed by atoms with Gasteiger partial charge in [0.25, 0.3) is 0 Å². The number of hydrogen-bond donors (Lipinski definition) is 1. The van der Waals surface area contributed by atoms with E-state index in [1.165, 1.54) is 0 Å². The summed E-state index contributed by atoms with van der Waals surface area (Å²) in [6.07, 6.45) is -1.63. The van der Waals surface area contributed by atoms with Gasteiger partial charge in [0, 0.05) is 25.0 Å². The van der Waals surface area contributed by atoms with Crippen LogP contribution in [0.1, 0.15) is 24.9 Å². The quantitative estimate of drug-likeness (QED) is 0.840. The molecule has 0 aromatic carbocycles. The van der Waals surface area contributed by atoms with Crippen LogP contribution in [0.2, 0.25) is 0 Å². The molecule has 1 heterocycles. The second-order valence-corrected chi connectivity index (χ2v) is 3.33. The van der Waals surface area contributed by atoms with Gasteiger partial charge in [0.15, 0.2) is 0 Å². The molecule has 0 fully saturated rings. The Labute approximate surface area is 86.5 Å². The minimum Gasteiger partial charge on any atom is -0.310 e. The molecular weight excluding hydrogens is 205 g/mol. The molecular formula is C10H13F3N2. The minimum atomic E-state index is -4.10. The number of pyridine rings is 1. The summed E-state index contributed by atoms with van der Waals surface area (Å²) in [5, 5.41) is 2.80. The zero-order chi connectivity index (χ0) is 11.3. The summed E-state index contributed by atoms with van der Waals surface area (Å²) in [5.74, 6) is 0. The highest BCUT2D eigenvalue weighted by Crippen LogP contribution is 2.19. The third-order valence-corrected chi connectivity index (χ3v) is 2.04. The fourth-order valence-corrected chi connectivity index (χ4v) is 1.18. The van der Waals surface area contributed by atoms with Crippen molar-refractivity contribution in [3.8, 4) is 0 Å². The van der Waals surface area contributed by atoms with Crippen molar-refractivity contribution in [1.29, 1.82) is 0 Å². The van der Waals surface area contributed by atoms with E-state index in [9.17, 15) is 13.2 Å². The standard InChI is InChI=1S/C10H13F3N2/c1-8(9-3-2-5-14-7-9)15-6-4-10(11,12)13/h2-3,5,7-8,15H,4,6H2,1H3/t8-/m0/s1. The number of hydrogen-bond acceptors (Lipinski definition) is 2. The fourth-order valence-electron chi connectivity index (χ4n) is 1.18. The molecule has 0 radical (unpaired) electrons. The van der Waals surface area contributed by atoms with Crippen LogP contribution < -0.4 is 5.32 Å². The lowest BCUT2D eigenvalue weighted by molar-refractivity contribution is -0.133. The first-order valence-electron chi connectivity index (χ1n) is 4.69. The number of nitrogens with zero attached hydrogens (tertiary/aromatic N) is 1. The lowest BCUT2D eigenvalue weighted by Crippen LogP contribution is -2.24. The molecule has 0 amide bonds. The Bertz CT molecular complexity index is 284. The van der Waals surface area contributed by atoms with Gasteiger partial charge in [-0.05, 0) is 18.6 Å². The van der Waals surface area contributed by atoms with Crippen molar-refractivity contribution in [3.63, 3.8) is 0 Å². The molecule has 1 aromatic rings. The molecule has 84 valence electrons. The molecule has 0 bridgehead atoms. The van der Waals surface area contributed by atoms with Crippen molar-refractivity contribution in [2.75, 3.05) is 6.54 Å². The molecule has 0 aliphatic carbocycles. The van der Waals surface area contributed by atoms with Crippen LogP contribution in [-0.4, -0.2) is 17.7 Å².